The second kappa shape index (κ2) is 12.4. The van der Waals surface area contributed by atoms with Crippen LogP contribution >= 0.6 is 15.9 Å². The molecule has 5 rings (SSSR count). The summed E-state index contributed by atoms with van der Waals surface area (Å²) in [5.74, 6) is 0.538. The molecule has 10 heteroatoms. The van der Waals surface area contributed by atoms with E-state index in [0.29, 0.717) is 38.3 Å². The summed E-state index contributed by atoms with van der Waals surface area (Å²) in [7, 11) is 1.52. The minimum Gasteiger partial charge on any atom is -0.493 e. The number of amides is 1. The second-order valence-electron chi connectivity index (χ2n) is 8.88. The highest BCUT2D eigenvalue weighted by Gasteiger charge is 2.15. The van der Waals surface area contributed by atoms with Crippen molar-refractivity contribution in [2.75, 3.05) is 7.11 Å². The summed E-state index contributed by atoms with van der Waals surface area (Å²) in [5, 5.41) is 15.8. The highest BCUT2D eigenvalue weighted by molar-refractivity contribution is 9.10. The number of hydrogen-bond donors (Lipinski definition) is 1. The van der Waals surface area contributed by atoms with Crippen molar-refractivity contribution in [3.8, 4) is 22.8 Å². The number of fused-ring (bicyclic) bond motifs is 1. The summed E-state index contributed by atoms with van der Waals surface area (Å²) in [4.78, 5) is 28.4. The van der Waals surface area contributed by atoms with E-state index < -0.39 is 4.92 Å². The summed E-state index contributed by atoms with van der Waals surface area (Å²) >= 11 is 3.51. The van der Waals surface area contributed by atoms with E-state index in [-0.39, 0.29) is 18.2 Å². The molecule has 5 aromatic rings. The zero-order valence-corrected chi connectivity index (χ0v) is 23.4. The molecule has 0 radical (unpaired) electrons. The Hall–Kier alpha value is -5.09. The number of nitrogens with zero attached hydrogens (tertiary/aromatic N) is 3. The molecule has 1 aromatic heterocycles. The van der Waals surface area contributed by atoms with E-state index in [2.05, 4.69) is 26.5 Å². The molecule has 0 saturated heterocycles. The van der Waals surface area contributed by atoms with Crippen LogP contribution in [-0.4, -0.2) is 29.1 Å². The van der Waals surface area contributed by atoms with E-state index in [1.807, 2.05) is 54.6 Å². The Morgan fingerprint density at radius 2 is 1.76 bits per heavy atom. The number of halogens is 1. The minimum atomic E-state index is -0.450. The quantitative estimate of drug-likeness (QED) is 0.110. The first-order chi connectivity index (χ1) is 19.9. The first-order valence-corrected chi connectivity index (χ1v) is 13.2. The Morgan fingerprint density at radius 3 is 2.49 bits per heavy atom. The molecule has 41 heavy (non-hydrogen) atoms. The topological polar surface area (TPSA) is 116 Å². The van der Waals surface area contributed by atoms with Crippen LogP contribution in [0.4, 0.5) is 5.69 Å². The predicted molar refractivity (Wildman–Crippen MR) is 160 cm³/mol. The number of hydrogen-bond acceptors (Lipinski definition) is 7. The molecule has 9 nitrogen and oxygen atoms in total. The molecule has 0 aliphatic carbocycles. The van der Waals surface area contributed by atoms with E-state index in [0.717, 1.165) is 16.5 Å². The van der Waals surface area contributed by atoms with Crippen molar-refractivity contribution < 1.29 is 19.2 Å². The van der Waals surface area contributed by atoms with Gasteiger partial charge in [-0.1, -0.05) is 48.5 Å². The van der Waals surface area contributed by atoms with Crippen LogP contribution in [0, 0.1) is 10.1 Å². The van der Waals surface area contributed by atoms with Gasteiger partial charge >= 0.3 is 0 Å². The van der Waals surface area contributed by atoms with Crippen molar-refractivity contribution in [2.24, 2.45) is 5.10 Å². The van der Waals surface area contributed by atoms with Crippen LogP contribution in [-0.2, 0) is 6.61 Å². The van der Waals surface area contributed by atoms with Crippen molar-refractivity contribution in [1.82, 2.24) is 10.4 Å². The molecule has 1 N–H and O–H groups in total. The van der Waals surface area contributed by atoms with Crippen LogP contribution in [0.5, 0.6) is 11.5 Å². The first-order valence-electron chi connectivity index (χ1n) is 12.4. The number of carbonyl (C=O) groups is 1. The maximum Gasteiger partial charge on any atom is 0.272 e. The number of hydrazone groups is 1. The number of benzene rings is 4. The summed E-state index contributed by atoms with van der Waals surface area (Å²) in [6.45, 7) is 0.182. The number of non-ortho nitro benzene ring substituents is 1. The summed E-state index contributed by atoms with van der Waals surface area (Å²) in [6, 6.07) is 28.5. The predicted octanol–water partition coefficient (Wildman–Crippen LogP) is 6.92. The number of methoxy groups -OCH3 is 1. The van der Waals surface area contributed by atoms with Crippen molar-refractivity contribution in [3.63, 3.8) is 0 Å². The van der Waals surface area contributed by atoms with Gasteiger partial charge < -0.3 is 9.47 Å². The van der Waals surface area contributed by atoms with Gasteiger partial charge in [0.2, 0.25) is 0 Å². The lowest BCUT2D eigenvalue weighted by molar-refractivity contribution is -0.384. The van der Waals surface area contributed by atoms with Crippen molar-refractivity contribution >= 4 is 44.6 Å². The van der Waals surface area contributed by atoms with Crippen molar-refractivity contribution in [3.05, 3.63) is 128 Å². The fraction of sp³-hybridized carbons (Fsp3) is 0.0645. The number of nitrogens with one attached hydrogen (secondary N) is 1. The SMILES string of the molecule is COc1cc(/C=N/NC(=O)c2cc(-c3ccccc3)nc3ccccc23)cc(Br)c1OCc1ccc([N+](=O)[O-])cc1. The van der Waals surface area contributed by atoms with Crippen LogP contribution in [0.1, 0.15) is 21.5 Å². The van der Waals surface area contributed by atoms with E-state index in [4.69, 9.17) is 14.5 Å². The molecule has 204 valence electrons. The molecule has 1 heterocycles. The van der Waals surface area contributed by atoms with Gasteiger partial charge in [-0.15, -0.1) is 0 Å². The van der Waals surface area contributed by atoms with Gasteiger partial charge in [0.05, 0.1) is 39.5 Å². The van der Waals surface area contributed by atoms with E-state index in [1.165, 1.54) is 25.5 Å². The zero-order valence-electron chi connectivity index (χ0n) is 21.8. The minimum absolute atomic E-state index is 0.0111. The highest BCUT2D eigenvalue weighted by atomic mass is 79.9. The molecule has 0 saturated carbocycles. The normalized spacial score (nSPS) is 11.0. The summed E-state index contributed by atoms with van der Waals surface area (Å²) in [6.07, 6.45) is 1.51. The summed E-state index contributed by atoms with van der Waals surface area (Å²) in [5.41, 5.74) is 6.81. The molecule has 0 spiro atoms. The Balaban J connectivity index is 1.32. The Morgan fingerprint density at radius 1 is 1.02 bits per heavy atom. The van der Waals surface area contributed by atoms with Gasteiger partial charge in [0, 0.05) is 23.1 Å². The maximum atomic E-state index is 13.2. The smallest absolute Gasteiger partial charge is 0.272 e. The molecular formula is C31H23BrN4O5. The standard InChI is InChI=1S/C31H23BrN4O5/c1-40-29-16-21(15-26(32)30(29)41-19-20-11-13-23(14-12-20)36(38)39)18-33-35-31(37)25-17-28(22-7-3-2-4-8-22)34-27-10-6-5-9-24(25)27/h2-18H,19H2,1H3,(H,35,37)/b33-18+. The van der Waals surface area contributed by atoms with Crippen molar-refractivity contribution in [2.45, 2.75) is 6.61 Å². The number of carbonyl (C=O) groups excluding carboxylic acids is 1. The Labute approximate surface area is 243 Å². The van der Waals surface area contributed by atoms with Gasteiger partial charge in [-0.05, 0) is 63.5 Å². The molecule has 0 unspecified atom stereocenters. The molecule has 4 aromatic carbocycles. The van der Waals surface area contributed by atoms with Gasteiger partial charge in [-0.3, -0.25) is 14.9 Å². The lowest BCUT2D eigenvalue weighted by Gasteiger charge is -2.13. The third-order valence-corrected chi connectivity index (χ3v) is 6.78. The third-order valence-electron chi connectivity index (χ3n) is 6.19. The second-order valence-corrected chi connectivity index (χ2v) is 9.74. The number of nitro groups is 1. The highest BCUT2D eigenvalue weighted by Crippen LogP contribution is 2.37. The number of aromatic nitrogens is 1. The first kappa shape index (κ1) is 27.5. The molecule has 0 aliphatic rings. The molecular weight excluding hydrogens is 588 g/mol. The van der Waals surface area contributed by atoms with E-state index >= 15 is 0 Å². The van der Waals surface area contributed by atoms with Crippen molar-refractivity contribution in [1.29, 1.82) is 0 Å². The number of rotatable bonds is 9. The lowest BCUT2D eigenvalue weighted by Crippen LogP contribution is -2.18. The largest absolute Gasteiger partial charge is 0.493 e. The van der Waals surface area contributed by atoms with E-state index in [9.17, 15) is 14.9 Å². The Bertz CT molecular complexity index is 1760. The number of pyridine rings is 1. The molecule has 1 amide bonds. The summed E-state index contributed by atoms with van der Waals surface area (Å²) < 4.78 is 12.0. The Kier molecular flexibility index (Phi) is 8.31. The monoisotopic (exact) mass is 610 g/mol. The number of para-hydroxylation sites is 1. The number of nitro benzene ring substituents is 1. The van der Waals surface area contributed by atoms with Gasteiger partial charge in [0.25, 0.3) is 11.6 Å². The third kappa shape index (κ3) is 6.39. The zero-order chi connectivity index (χ0) is 28.8. The average molecular weight is 611 g/mol. The molecule has 0 aliphatic heterocycles. The molecule has 0 atom stereocenters. The van der Waals surface area contributed by atoms with E-state index in [1.54, 1.807) is 30.3 Å². The number of ether oxygens (including phenoxy) is 2. The van der Waals surface area contributed by atoms with Crippen LogP contribution < -0.4 is 14.9 Å². The van der Waals surface area contributed by atoms with Crippen LogP contribution in [0.15, 0.2) is 107 Å². The maximum absolute atomic E-state index is 13.2. The van der Waals surface area contributed by atoms with Gasteiger partial charge in [-0.2, -0.15) is 5.10 Å². The van der Waals surface area contributed by atoms with Gasteiger partial charge in [-0.25, -0.2) is 10.4 Å². The fourth-order valence-electron chi connectivity index (χ4n) is 4.17. The van der Waals surface area contributed by atoms with Crippen LogP contribution in [0.2, 0.25) is 0 Å². The van der Waals surface area contributed by atoms with Gasteiger partial charge in [0.1, 0.15) is 6.61 Å². The molecule has 0 fully saturated rings. The lowest BCUT2D eigenvalue weighted by atomic mass is 10.0. The fourth-order valence-corrected chi connectivity index (χ4v) is 4.74. The van der Waals surface area contributed by atoms with Gasteiger partial charge in [0.15, 0.2) is 11.5 Å². The van der Waals surface area contributed by atoms with Crippen LogP contribution in [0.3, 0.4) is 0 Å². The molecule has 0 bridgehead atoms. The van der Waals surface area contributed by atoms with Crippen LogP contribution in [0.25, 0.3) is 22.2 Å². The average Bonchev–Trinajstić information content (AvgIpc) is 3.00.